The topological polar surface area (TPSA) is 68.0 Å². The molecule has 5 nitrogen and oxygen atoms in total. The number of para-hydroxylation sites is 1. The highest BCUT2D eigenvalue weighted by atomic mass is 35.5. The second-order valence-electron chi connectivity index (χ2n) is 6.18. The number of halogens is 1. The van der Waals surface area contributed by atoms with Crippen molar-refractivity contribution < 1.29 is 9.32 Å². The maximum atomic E-state index is 12.5. The van der Waals surface area contributed by atoms with Crippen molar-refractivity contribution in [3.8, 4) is 11.5 Å². The Morgan fingerprint density at radius 3 is 2.43 bits per heavy atom. The molecular weight excluding hydrogens is 374 g/mol. The van der Waals surface area contributed by atoms with Crippen molar-refractivity contribution in [3.63, 3.8) is 0 Å². The Hall–Kier alpha value is -3.44. The standard InChI is InChI=1S/C22H16ClN3O2/c23-17-12-10-16(11-13-17)21(27)24-19-9-5-4-8-18(19)22-25-20(26-28-22)14-15-6-2-1-3-7-15/h1-13H,14H2,(H,24,27). The van der Waals surface area contributed by atoms with E-state index in [4.69, 9.17) is 16.1 Å². The first-order valence-corrected chi connectivity index (χ1v) is 9.10. The molecule has 1 aromatic heterocycles. The maximum Gasteiger partial charge on any atom is 0.260 e. The summed E-state index contributed by atoms with van der Waals surface area (Å²) in [5.41, 5.74) is 2.86. The van der Waals surface area contributed by atoms with Crippen LogP contribution in [0.15, 0.2) is 83.4 Å². The highest BCUT2D eigenvalue weighted by Crippen LogP contribution is 2.27. The zero-order chi connectivity index (χ0) is 19.3. The number of carbonyl (C=O) groups excluding carboxylic acids is 1. The first-order valence-electron chi connectivity index (χ1n) is 8.72. The minimum Gasteiger partial charge on any atom is -0.334 e. The predicted molar refractivity (Wildman–Crippen MR) is 108 cm³/mol. The van der Waals surface area contributed by atoms with Crippen molar-refractivity contribution in [2.24, 2.45) is 0 Å². The van der Waals surface area contributed by atoms with Crippen LogP contribution in [0.2, 0.25) is 5.02 Å². The van der Waals surface area contributed by atoms with E-state index < -0.39 is 0 Å². The van der Waals surface area contributed by atoms with Crippen LogP contribution >= 0.6 is 11.6 Å². The summed E-state index contributed by atoms with van der Waals surface area (Å²) in [5.74, 6) is 0.700. The van der Waals surface area contributed by atoms with Gasteiger partial charge in [-0.2, -0.15) is 4.98 Å². The molecule has 0 spiro atoms. The molecule has 0 aliphatic rings. The van der Waals surface area contributed by atoms with Crippen molar-refractivity contribution >= 4 is 23.2 Å². The number of nitrogens with one attached hydrogen (secondary N) is 1. The van der Waals surface area contributed by atoms with Gasteiger partial charge in [0.1, 0.15) is 0 Å². The third kappa shape index (κ3) is 4.10. The number of hydrogen-bond donors (Lipinski definition) is 1. The van der Waals surface area contributed by atoms with Crippen LogP contribution in [0.1, 0.15) is 21.7 Å². The molecule has 28 heavy (non-hydrogen) atoms. The zero-order valence-corrected chi connectivity index (χ0v) is 15.6. The van der Waals surface area contributed by atoms with E-state index in [9.17, 15) is 4.79 Å². The Bertz CT molecular complexity index is 1090. The minimum absolute atomic E-state index is 0.242. The average molecular weight is 390 g/mol. The van der Waals surface area contributed by atoms with Gasteiger partial charge in [0.25, 0.3) is 11.8 Å². The van der Waals surface area contributed by atoms with Gasteiger partial charge in [0, 0.05) is 17.0 Å². The lowest BCUT2D eigenvalue weighted by Gasteiger charge is -2.08. The lowest BCUT2D eigenvalue weighted by molar-refractivity contribution is 0.102. The quantitative estimate of drug-likeness (QED) is 0.507. The Morgan fingerprint density at radius 1 is 0.929 bits per heavy atom. The summed E-state index contributed by atoms with van der Waals surface area (Å²) >= 11 is 5.88. The van der Waals surface area contributed by atoms with Gasteiger partial charge in [-0.05, 0) is 42.0 Å². The predicted octanol–water partition coefficient (Wildman–Crippen LogP) is 5.23. The van der Waals surface area contributed by atoms with Gasteiger partial charge in [0.05, 0.1) is 11.3 Å². The number of aromatic nitrogens is 2. The Balaban J connectivity index is 1.56. The van der Waals surface area contributed by atoms with Crippen LogP contribution < -0.4 is 5.32 Å². The number of hydrogen-bond acceptors (Lipinski definition) is 4. The molecule has 0 atom stereocenters. The van der Waals surface area contributed by atoms with Gasteiger partial charge in [-0.25, -0.2) is 0 Å². The highest BCUT2D eigenvalue weighted by Gasteiger charge is 2.15. The summed E-state index contributed by atoms with van der Waals surface area (Å²) in [5, 5.41) is 7.53. The number of rotatable bonds is 5. The van der Waals surface area contributed by atoms with Crippen molar-refractivity contribution in [2.75, 3.05) is 5.32 Å². The van der Waals surface area contributed by atoms with Crippen molar-refractivity contribution in [1.82, 2.24) is 10.1 Å². The number of nitrogens with zero attached hydrogens (tertiary/aromatic N) is 2. The van der Waals surface area contributed by atoms with Crippen LogP contribution in [-0.2, 0) is 6.42 Å². The third-order valence-corrected chi connectivity index (χ3v) is 4.44. The lowest BCUT2D eigenvalue weighted by Crippen LogP contribution is -2.12. The third-order valence-electron chi connectivity index (χ3n) is 4.19. The van der Waals surface area contributed by atoms with E-state index in [2.05, 4.69) is 15.5 Å². The van der Waals surface area contributed by atoms with Gasteiger partial charge in [-0.15, -0.1) is 0 Å². The first-order chi connectivity index (χ1) is 13.7. The van der Waals surface area contributed by atoms with E-state index in [-0.39, 0.29) is 5.91 Å². The smallest absolute Gasteiger partial charge is 0.260 e. The fourth-order valence-electron chi connectivity index (χ4n) is 2.79. The van der Waals surface area contributed by atoms with Crippen LogP contribution in [-0.4, -0.2) is 16.0 Å². The van der Waals surface area contributed by atoms with Gasteiger partial charge in [-0.3, -0.25) is 4.79 Å². The van der Waals surface area contributed by atoms with Crippen molar-refractivity contribution in [1.29, 1.82) is 0 Å². The zero-order valence-electron chi connectivity index (χ0n) is 14.8. The molecule has 0 fully saturated rings. The fourth-order valence-corrected chi connectivity index (χ4v) is 2.91. The molecule has 3 aromatic carbocycles. The molecule has 4 aromatic rings. The normalized spacial score (nSPS) is 10.6. The monoisotopic (exact) mass is 389 g/mol. The molecule has 0 radical (unpaired) electrons. The van der Waals surface area contributed by atoms with E-state index in [1.165, 1.54) is 0 Å². The largest absolute Gasteiger partial charge is 0.334 e. The molecule has 6 heteroatoms. The van der Waals surface area contributed by atoms with Crippen LogP contribution in [0.5, 0.6) is 0 Å². The van der Waals surface area contributed by atoms with Gasteiger partial charge in [0.2, 0.25) is 0 Å². The summed E-state index contributed by atoms with van der Waals surface area (Å²) < 4.78 is 5.44. The fraction of sp³-hybridized carbons (Fsp3) is 0.0455. The molecule has 138 valence electrons. The summed E-state index contributed by atoms with van der Waals surface area (Å²) in [7, 11) is 0. The molecule has 0 unspecified atom stereocenters. The molecular formula is C22H16ClN3O2. The van der Waals surface area contributed by atoms with Gasteiger partial charge >= 0.3 is 0 Å². The molecule has 0 aliphatic heterocycles. The van der Waals surface area contributed by atoms with Crippen LogP contribution in [0.3, 0.4) is 0 Å². The molecule has 4 rings (SSSR count). The molecule has 0 bridgehead atoms. The Kier molecular flexibility index (Phi) is 5.17. The lowest BCUT2D eigenvalue weighted by atomic mass is 10.1. The first kappa shape index (κ1) is 17.9. The maximum absolute atomic E-state index is 12.5. The summed E-state index contributed by atoms with van der Waals surface area (Å²) in [6, 6.07) is 23.9. The molecule has 0 saturated heterocycles. The highest BCUT2D eigenvalue weighted by molar-refractivity contribution is 6.30. The van der Waals surface area contributed by atoms with Crippen molar-refractivity contribution in [2.45, 2.75) is 6.42 Å². The van der Waals surface area contributed by atoms with Gasteiger partial charge < -0.3 is 9.84 Å². The number of amides is 1. The second kappa shape index (κ2) is 8.06. The van der Waals surface area contributed by atoms with E-state index in [0.717, 1.165) is 5.56 Å². The summed E-state index contributed by atoms with van der Waals surface area (Å²) in [6.45, 7) is 0. The Morgan fingerprint density at radius 2 is 1.64 bits per heavy atom. The van der Waals surface area contributed by atoms with Crippen molar-refractivity contribution in [3.05, 3.63) is 101 Å². The molecule has 1 heterocycles. The summed E-state index contributed by atoms with van der Waals surface area (Å²) in [4.78, 5) is 17.0. The van der Waals surface area contributed by atoms with Crippen LogP contribution in [0, 0.1) is 0 Å². The van der Waals surface area contributed by atoms with E-state index >= 15 is 0 Å². The SMILES string of the molecule is O=C(Nc1ccccc1-c1nc(Cc2ccccc2)no1)c1ccc(Cl)cc1. The number of carbonyl (C=O) groups is 1. The number of anilines is 1. The molecule has 0 aliphatic carbocycles. The van der Waals surface area contributed by atoms with E-state index in [1.54, 1.807) is 30.3 Å². The van der Waals surface area contributed by atoms with Gasteiger partial charge in [-0.1, -0.05) is 59.2 Å². The average Bonchev–Trinajstić information content (AvgIpc) is 3.18. The molecule has 1 amide bonds. The second-order valence-corrected chi connectivity index (χ2v) is 6.62. The molecule has 1 N–H and O–H groups in total. The molecule has 0 saturated carbocycles. The van der Waals surface area contributed by atoms with Gasteiger partial charge in [0.15, 0.2) is 5.82 Å². The summed E-state index contributed by atoms with van der Waals surface area (Å²) in [6.07, 6.45) is 0.573. The van der Waals surface area contributed by atoms with E-state index in [0.29, 0.717) is 40.0 Å². The Labute approximate surface area is 167 Å². The van der Waals surface area contributed by atoms with E-state index in [1.807, 2.05) is 48.5 Å². The minimum atomic E-state index is -0.242. The number of benzene rings is 3. The van der Waals surface area contributed by atoms with Crippen LogP contribution in [0.4, 0.5) is 5.69 Å². The van der Waals surface area contributed by atoms with Crippen LogP contribution in [0.25, 0.3) is 11.5 Å².